The molecule has 7 atom stereocenters. The van der Waals surface area contributed by atoms with E-state index < -0.39 is 121 Å². The van der Waals surface area contributed by atoms with Gasteiger partial charge in [0.2, 0.25) is 35.4 Å². The van der Waals surface area contributed by atoms with Gasteiger partial charge in [-0.05, 0) is 119 Å². The summed E-state index contributed by atoms with van der Waals surface area (Å²) in [6.45, 7) is 1.85. The van der Waals surface area contributed by atoms with Crippen molar-refractivity contribution in [1.82, 2.24) is 41.8 Å². The number of benzene rings is 2. The highest BCUT2D eigenvalue weighted by Gasteiger charge is 2.43. The Bertz CT molecular complexity index is 2520. The summed E-state index contributed by atoms with van der Waals surface area (Å²) in [6.07, 6.45) is 1.08. The van der Waals surface area contributed by atoms with Gasteiger partial charge in [0.15, 0.2) is 0 Å². The van der Waals surface area contributed by atoms with Gasteiger partial charge in [0.25, 0.3) is 0 Å². The second kappa shape index (κ2) is 32.4. The monoisotopic (exact) mass is 1090 g/mol. The summed E-state index contributed by atoms with van der Waals surface area (Å²) in [7, 11) is 0. The number of nitrogens with one attached hydrogen (secondary N) is 8. The number of carbonyl (C=O) groups is 10. The number of para-hydroxylation sites is 1. The Morgan fingerprint density at radius 1 is 0.705 bits per heavy atom. The number of nitrogens with two attached hydrogens (primary N) is 2. The van der Waals surface area contributed by atoms with Crippen molar-refractivity contribution in [3.05, 3.63) is 89.7 Å². The number of anilines is 2. The predicted octanol–water partition coefficient (Wildman–Crippen LogP) is 0.242. The highest BCUT2D eigenvalue weighted by Crippen LogP contribution is 2.22. The number of rotatable bonds is 33. The molecular weight excluding hydrogens is 1020 g/mol. The van der Waals surface area contributed by atoms with Crippen LogP contribution in [0.3, 0.4) is 0 Å². The zero-order chi connectivity index (χ0) is 57.1. The number of carboxylic acid groups (broad SMARTS) is 2. The Hall–Kier alpha value is -8.23. The van der Waals surface area contributed by atoms with Crippen molar-refractivity contribution in [2.24, 2.45) is 11.5 Å². The topological polar surface area (TPSA) is 416 Å². The zero-order valence-electron chi connectivity index (χ0n) is 43.4. The maximum atomic E-state index is 14.5. The van der Waals surface area contributed by atoms with Crippen molar-refractivity contribution in [3.63, 3.8) is 0 Å². The van der Waals surface area contributed by atoms with Crippen LogP contribution in [0.25, 0.3) is 0 Å². The van der Waals surface area contributed by atoms with Crippen LogP contribution in [0.5, 0.6) is 0 Å². The fourth-order valence-corrected chi connectivity index (χ4v) is 8.48. The van der Waals surface area contributed by atoms with Gasteiger partial charge in [0.05, 0.1) is 18.9 Å². The quantitative estimate of drug-likeness (QED) is 0.0287. The molecule has 1 saturated heterocycles. The van der Waals surface area contributed by atoms with E-state index in [0.717, 1.165) is 16.0 Å². The molecule has 4 rings (SSSR count). The van der Waals surface area contributed by atoms with E-state index in [0.29, 0.717) is 49.2 Å². The van der Waals surface area contributed by atoms with Crippen molar-refractivity contribution in [3.8, 4) is 0 Å². The first-order valence-electron chi connectivity index (χ1n) is 25.7. The SMILES string of the molecule is Cc1ccccc1NC(=O)Nc1ccc(CC(=O)N[C@@H](CCCCNC(O)CCc2cccnc2)C(=O)N[C@@H](CCCC(=O)O)C(=O)N2C[C@H](O)C[C@H]2C(=O)N[C@@H](CCCCNC(N)=O)C(=O)N[C@@H](CC(=O)O)C(N)=O)cc1. The van der Waals surface area contributed by atoms with Gasteiger partial charge < -0.3 is 74.0 Å². The van der Waals surface area contributed by atoms with E-state index in [1.165, 1.54) is 0 Å². The molecule has 0 spiro atoms. The smallest absolute Gasteiger partial charge is 0.323 e. The Kier molecular flexibility index (Phi) is 25.9. The number of carboxylic acids is 2. The number of pyridine rings is 1. The number of aliphatic carboxylic acids is 2. The second-order valence-electron chi connectivity index (χ2n) is 18.9. The number of aliphatic hydroxyl groups is 2. The number of carbonyl (C=O) groups excluding carboxylic acids is 8. The Morgan fingerprint density at radius 2 is 1.36 bits per heavy atom. The van der Waals surface area contributed by atoms with Crippen LogP contribution in [0.4, 0.5) is 21.0 Å². The lowest BCUT2D eigenvalue weighted by molar-refractivity contribution is -0.143. The Balaban J connectivity index is 1.51. The number of primary amides is 2. The van der Waals surface area contributed by atoms with Gasteiger partial charge in [0.1, 0.15) is 36.4 Å². The lowest BCUT2D eigenvalue weighted by Crippen LogP contribution is -2.58. The molecule has 1 aliphatic rings. The molecule has 16 N–H and O–H groups in total. The van der Waals surface area contributed by atoms with Gasteiger partial charge in [-0.2, -0.15) is 0 Å². The van der Waals surface area contributed by atoms with E-state index in [9.17, 15) is 68.4 Å². The van der Waals surface area contributed by atoms with Crippen LogP contribution in [0, 0.1) is 6.92 Å². The molecule has 0 bridgehead atoms. The molecule has 0 radical (unpaired) electrons. The third kappa shape index (κ3) is 22.5. The maximum Gasteiger partial charge on any atom is 0.323 e. The summed E-state index contributed by atoms with van der Waals surface area (Å²) in [5.41, 5.74) is 13.8. The largest absolute Gasteiger partial charge is 0.481 e. The van der Waals surface area contributed by atoms with Gasteiger partial charge in [-0.25, -0.2) is 9.59 Å². The van der Waals surface area contributed by atoms with E-state index in [2.05, 4.69) is 47.5 Å². The summed E-state index contributed by atoms with van der Waals surface area (Å²) in [6, 6.07) is 8.73. The van der Waals surface area contributed by atoms with Crippen LogP contribution >= 0.6 is 0 Å². The molecule has 424 valence electrons. The average molecular weight is 1090 g/mol. The first-order chi connectivity index (χ1) is 37.2. The molecule has 2 aromatic carbocycles. The van der Waals surface area contributed by atoms with Crippen molar-refractivity contribution in [2.75, 3.05) is 30.3 Å². The van der Waals surface area contributed by atoms with Crippen molar-refractivity contribution >= 4 is 70.8 Å². The van der Waals surface area contributed by atoms with Crippen LogP contribution < -0.4 is 54.0 Å². The minimum atomic E-state index is -1.67. The number of amides is 10. The summed E-state index contributed by atoms with van der Waals surface area (Å²) in [4.78, 5) is 134. The summed E-state index contributed by atoms with van der Waals surface area (Å²) >= 11 is 0. The summed E-state index contributed by atoms with van der Waals surface area (Å²) in [5.74, 6) is -8.08. The van der Waals surface area contributed by atoms with Crippen LogP contribution in [-0.4, -0.2) is 152 Å². The minimum Gasteiger partial charge on any atom is -0.481 e. The van der Waals surface area contributed by atoms with E-state index in [-0.39, 0.29) is 57.9 Å². The molecule has 1 unspecified atom stereocenters. The van der Waals surface area contributed by atoms with Crippen LogP contribution in [0.15, 0.2) is 73.1 Å². The van der Waals surface area contributed by atoms with Gasteiger partial charge in [-0.1, -0.05) is 36.4 Å². The molecule has 26 nitrogen and oxygen atoms in total. The first-order valence-corrected chi connectivity index (χ1v) is 25.7. The molecule has 0 aliphatic carbocycles. The Morgan fingerprint density at radius 3 is 1.99 bits per heavy atom. The van der Waals surface area contributed by atoms with E-state index >= 15 is 0 Å². The number of hydrogen-bond acceptors (Lipinski definition) is 14. The number of nitrogens with zero attached hydrogens (tertiary/aromatic N) is 2. The third-order valence-corrected chi connectivity index (χ3v) is 12.6. The predicted molar refractivity (Wildman–Crippen MR) is 283 cm³/mol. The van der Waals surface area contributed by atoms with Crippen molar-refractivity contribution in [2.45, 2.75) is 139 Å². The van der Waals surface area contributed by atoms with Crippen molar-refractivity contribution in [1.29, 1.82) is 0 Å². The number of likely N-dealkylation sites (tertiary alicyclic amines) is 1. The van der Waals surface area contributed by atoms with E-state index in [1.807, 2.05) is 25.1 Å². The average Bonchev–Trinajstić information content (AvgIpc) is 3.79. The van der Waals surface area contributed by atoms with Crippen LogP contribution in [0.1, 0.15) is 93.7 Å². The van der Waals surface area contributed by atoms with Crippen LogP contribution in [0.2, 0.25) is 0 Å². The first kappa shape index (κ1) is 62.3. The number of urea groups is 2. The molecule has 1 aromatic heterocycles. The van der Waals surface area contributed by atoms with Gasteiger partial charge in [-0.15, -0.1) is 0 Å². The highest BCUT2D eigenvalue weighted by molar-refractivity contribution is 6.00. The van der Waals surface area contributed by atoms with Gasteiger partial charge in [-0.3, -0.25) is 48.7 Å². The van der Waals surface area contributed by atoms with E-state index in [1.54, 1.807) is 54.9 Å². The molecule has 3 aromatic rings. The third-order valence-electron chi connectivity index (χ3n) is 12.6. The molecular formula is C52H72N12O14. The molecule has 2 heterocycles. The lowest BCUT2D eigenvalue weighted by Gasteiger charge is -2.30. The zero-order valence-corrected chi connectivity index (χ0v) is 43.4. The molecule has 10 amide bonds. The fraction of sp³-hybridized carbons (Fsp3) is 0.481. The van der Waals surface area contributed by atoms with Crippen molar-refractivity contribution < 1.29 is 68.4 Å². The number of aliphatic hydroxyl groups excluding tert-OH is 2. The standard InChI is InChI=1S/C52H72N12O14/c1-31-10-2-3-12-36(31)63-52(78)58-34-20-17-32(18-21-34)26-43(67)59-37(13-4-6-24-56-42(66)22-19-33-11-9-23-55-29-33)47(73)61-39(15-8-16-44(68)69)50(76)64-30-35(65)27-41(64)49(75)60-38(14-5-7-25-57-51(54)77)48(74)62-40(46(53)72)28-45(70)71/h2-3,9-12,17-18,20-21,23,29,35,37-42,56,65-66H,4-8,13-16,19,22,24-28,30H2,1H3,(H2,53,72)(H,59,67)(H,60,75)(H,61,73)(H,62,74)(H,68,69)(H,70,71)(H3,54,57,77)(H2,58,63,78)/t35-,37+,38+,39+,40+,41+,42?/m1/s1. The second-order valence-corrected chi connectivity index (χ2v) is 18.9. The van der Waals surface area contributed by atoms with Gasteiger partial charge >= 0.3 is 24.0 Å². The molecule has 78 heavy (non-hydrogen) atoms. The number of aromatic nitrogens is 1. The summed E-state index contributed by atoms with van der Waals surface area (Å²) in [5, 5.41) is 61.2. The minimum absolute atomic E-state index is 0.0402. The maximum absolute atomic E-state index is 14.5. The summed E-state index contributed by atoms with van der Waals surface area (Å²) < 4.78 is 0. The number of aryl methyl sites for hydroxylation is 2. The fourth-order valence-electron chi connectivity index (χ4n) is 8.48. The van der Waals surface area contributed by atoms with Crippen LogP contribution in [-0.2, 0) is 51.2 Å². The molecule has 1 fully saturated rings. The molecule has 26 heteroatoms. The van der Waals surface area contributed by atoms with Gasteiger partial charge in [0, 0.05) is 49.7 Å². The number of hydrogen-bond donors (Lipinski definition) is 14. The van der Waals surface area contributed by atoms with E-state index in [4.69, 9.17) is 11.5 Å². The highest BCUT2D eigenvalue weighted by atomic mass is 16.4. The molecule has 0 saturated carbocycles. The number of unbranched alkanes of at least 4 members (excludes halogenated alkanes) is 2. The molecule has 1 aliphatic heterocycles. The Labute approximate surface area is 450 Å². The normalized spacial score (nSPS) is 15.8. The lowest BCUT2D eigenvalue weighted by atomic mass is 10.0. The number of β-amino-alcohol motifs (C(OH)–C–C–N with tert-alkyl or cyclic N) is 1.